The van der Waals surface area contributed by atoms with Crippen molar-refractivity contribution in [2.45, 2.75) is 13.3 Å². The van der Waals surface area contributed by atoms with Crippen molar-refractivity contribution in [1.29, 1.82) is 0 Å². The third kappa shape index (κ3) is 5.00. The molecule has 1 aromatic rings. The molecule has 0 saturated heterocycles. The van der Waals surface area contributed by atoms with Crippen molar-refractivity contribution in [3.8, 4) is 0 Å². The van der Waals surface area contributed by atoms with Crippen LogP contribution in [0.4, 0.5) is 4.39 Å². The predicted octanol–water partition coefficient (Wildman–Crippen LogP) is 3.89. The second-order valence-electron chi connectivity index (χ2n) is 3.46. The molecule has 1 rings (SSSR count). The standard InChI is InChI=1S/C12H12Br2FNO/c1-8(17)16-5-3-2-4-10-11(14)6-9(13)7-12(10)15/h2,4,6-7H,3,5H2,1H3,(H,16,17). The lowest BCUT2D eigenvalue weighted by molar-refractivity contribution is -0.118. The summed E-state index contributed by atoms with van der Waals surface area (Å²) in [5.41, 5.74) is 0.510. The molecule has 0 unspecified atom stereocenters. The van der Waals surface area contributed by atoms with Crippen molar-refractivity contribution in [3.05, 3.63) is 38.5 Å². The van der Waals surface area contributed by atoms with Gasteiger partial charge in [-0.3, -0.25) is 4.79 Å². The van der Waals surface area contributed by atoms with Gasteiger partial charge < -0.3 is 5.32 Å². The lowest BCUT2D eigenvalue weighted by Crippen LogP contribution is -2.20. The molecule has 1 N–H and O–H groups in total. The first-order valence-electron chi connectivity index (χ1n) is 5.06. The van der Waals surface area contributed by atoms with Gasteiger partial charge in [-0.25, -0.2) is 4.39 Å². The monoisotopic (exact) mass is 363 g/mol. The second-order valence-corrected chi connectivity index (χ2v) is 5.23. The number of benzene rings is 1. The van der Waals surface area contributed by atoms with E-state index >= 15 is 0 Å². The Balaban J connectivity index is 2.62. The van der Waals surface area contributed by atoms with E-state index in [2.05, 4.69) is 37.2 Å². The maximum absolute atomic E-state index is 13.6. The van der Waals surface area contributed by atoms with E-state index < -0.39 is 0 Å². The van der Waals surface area contributed by atoms with Crippen molar-refractivity contribution >= 4 is 43.8 Å². The third-order valence-corrected chi connectivity index (χ3v) is 3.13. The highest BCUT2D eigenvalue weighted by molar-refractivity contribution is 9.11. The average Bonchev–Trinajstić information content (AvgIpc) is 2.20. The van der Waals surface area contributed by atoms with Gasteiger partial charge in [0.15, 0.2) is 0 Å². The fraction of sp³-hybridized carbons (Fsp3) is 0.250. The minimum Gasteiger partial charge on any atom is -0.356 e. The summed E-state index contributed by atoms with van der Waals surface area (Å²) in [7, 11) is 0. The van der Waals surface area contributed by atoms with Crippen LogP contribution in [0, 0.1) is 5.82 Å². The molecule has 1 amide bonds. The fourth-order valence-electron chi connectivity index (χ4n) is 1.25. The Bertz CT molecular complexity index is 423. The predicted molar refractivity (Wildman–Crippen MR) is 74.1 cm³/mol. The number of carbonyl (C=O) groups is 1. The largest absolute Gasteiger partial charge is 0.356 e. The molecular weight excluding hydrogens is 353 g/mol. The van der Waals surface area contributed by atoms with E-state index in [1.165, 1.54) is 13.0 Å². The van der Waals surface area contributed by atoms with Crippen molar-refractivity contribution in [1.82, 2.24) is 5.32 Å². The summed E-state index contributed by atoms with van der Waals surface area (Å²) in [4.78, 5) is 10.6. The Morgan fingerprint density at radius 2 is 2.18 bits per heavy atom. The molecule has 0 aliphatic rings. The molecule has 2 nitrogen and oxygen atoms in total. The Kier molecular flexibility index (Phi) is 5.85. The van der Waals surface area contributed by atoms with E-state index in [1.54, 1.807) is 12.1 Å². The van der Waals surface area contributed by atoms with Gasteiger partial charge in [-0.1, -0.05) is 44.0 Å². The lowest BCUT2D eigenvalue weighted by Gasteiger charge is -2.02. The van der Waals surface area contributed by atoms with Gasteiger partial charge in [-0.05, 0) is 18.6 Å². The molecule has 0 heterocycles. The van der Waals surface area contributed by atoms with Crippen LogP contribution in [-0.2, 0) is 4.79 Å². The number of hydrogen-bond acceptors (Lipinski definition) is 1. The molecule has 5 heteroatoms. The maximum atomic E-state index is 13.6. The highest BCUT2D eigenvalue weighted by Crippen LogP contribution is 2.26. The van der Waals surface area contributed by atoms with Gasteiger partial charge in [0.25, 0.3) is 0 Å². The van der Waals surface area contributed by atoms with Crippen LogP contribution in [0.25, 0.3) is 6.08 Å². The first kappa shape index (κ1) is 14.4. The fourth-order valence-corrected chi connectivity index (χ4v) is 2.55. The maximum Gasteiger partial charge on any atom is 0.216 e. The molecule has 1 aromatic carbocycles. The molecule has 0 bridgehead atoms. The van der Waals surface area contributed by atoms with Gasteiger partial charge in [0.05, 0.1) is 0 Å². The zero-order chi connectivity index (χ0) is 12.8. The minimum atomic E-state index is -0.290. The van der Waals surface area contributed by atoms with Crippen LogP contribution in [0.3, 0.4) is 0 Å². The third-order valence-electron chi connectivity index (χ3n) is 2.01. The van der Waals surface area contributed by atoms with Crippen LogP contribution < -0.4 is 5.32 Å². The smallest absolute Gasteiger partial charge is 0.216 e. The Labute approximate surface area is 117 Å². The first-order valence-corrected chi connectivity index (χ1v) is 6.65. The van der Waals surface area contributed by atoms with Crippen LogP contribution in [0.2, 0.25) is 0 Å². The van der Waals surface area contributed by atoms with Gasteiger partial charge in [-0.15, -0.1) is 0 Å². The quantitative estimate of drug-likeness (QED) is 0.807. The van der Waals surface area contributed by atoms with Gasteiger partial charge in [-0.2, -0.15) is 0 Å². The molecule has 0 spiro atoms. The molecule has 0 aromatic heterocycles. The van der Waals surface area contributed by atoms with Crippen molar-refractivity contribution in [3.63, 3.8) is 0 Å². The Morgan fingerprint density at radius 1 is 1.47 bits per heavy atom. The zero-order valence-corrected chi connectivity index (χ0v) is 12.4. The molecule has 0 radical (unpaired) electrons. The minimum absolute atomic E-state index is 0.0607. The normalized spacial score (nSPS) is 10.8. The van der Waals surface area contributed by atoms with E-state index in [-0.39, 0.29) is 11.7 Å². The zero-order valence-electron chi connectivity index (χ0n) is 9.27. The average molecular weight is 365 g/mol. The highest BCUT2D eigenvalue weighted by Gasteiger charge is 2.04. The molecular formula is C12H12Br2FNO. The number of rotatable bonds is 4. The van der Waals surface area contributed by atoms with E-state index in [9.17, 15) is 9.18 Å². The van der Waals surface area contributed by atoms with E-state index in [4.69, 9.17) is 0 Å². The number of carbonyl (C=O) groups excluding carboxylic acids is 1. The summed E-state index contributed by atoms with van der Waals surface area (Å²) in [6, 6.07) is 3.20. The SMILES string of the molecule is CC(=O)NCCC=Cc1c(F)cc(Br)cc1Br. The molecule has 0 saturated carbocycles. The highest BCUT2D eigenvalue weighted by atomic mass is 79.9. The molecule has 92 valence electrons. The van der Waals surface area contributed by atoms with Crippen LogP contribution in [-0.4, -0.2) is 12.5 Å². The van der Waals surface area contributed by atoms with Crippen LogP contribution in [0.15, 0.2) is 27.2 Å². The summed E-state index contributed by atoms with van der Waals surface area (Å²) >= 11 is 6.51. The number of nitrogens with one attached hydrogen (secondary N) is 1. The Morgan fingerprint density at radius 3 is 2.76 bits per heavy atom. The molecule has 0 fully saturated rings. The molecule has 0 atom stereocenters. The van der Waals surface area contributed by atoms with Crippen molar-refractivity contribution in [2.75, 3.05) is 6.54 Å². The van der Waals surface area contributed by atoms with Gasteiger partial charge in [0.2, 0.25) is 5.91 Å². The number of halogens is 3. The van der Waals surface area contributed by atoms with E-state index in [0.717, 1.165) is 0 Å². The topological polar surface area (TPSA) is 29.1 Å². The summed E-state index contributed by atoms with van der Waals surface area (Å²) < 4.78 is 15.0. The summed E-state index contributed by atoms with van der Waals surface area (Å²) in [5, 5.41) is 2.67. The van der Waals surface area contributed by atoms with Gasteiger partial charge in [0, 0.05) is 28.0 Å². The van der Waals surface area contributed by atoms with Crippen molar-refractivity contribution in [2.24, 2.45) is 0 Å². The van der Waals surface area contributed by atoms with Gasteiger partial charge in [0.1, 0.15) is 5.82 Å². The van der Waals surface area contributed by atoms with Crippen LogP contribution >= 0.6 is 31.9 Å². The van der Waals surface area contributed by atoms with E-state index in [1.807, 2.05) is 6.08 Å². The number of hydrogen-bond donors (Lipinski definition) is 1. The van der Waals surface area contributed by atoms with Crippen molar-refractivity contribution < 1.29 is 9.18 Å². The van der Waals surface area contributed by atoms with E-state index in [0.29, 0.717) is 27.5 Å². The lowest BCUT2D eigenvalue weighted by atomic mass is 10.2. The molecule has 0 aliphatic carbocycles. The summed E-state index contributed by atoms with van der Waals surface area (Å²) in [6.45, 7) is 2.02. The van der Waals surface area contributed by atoms with Crippen LogP contribution in [0.1, 0.15) is 18.9 Å². The summed E-state index contributed by atoms with van der Waals surface area (Å²) in [5.74, 6) is -0.351. The Hall–Kier alpha value is -0.680. The number of amides is 1. The second kappa shape index (κ2) is 6.91. The molecule has 0 aliphatic heterocycles. The summed E-state index contributed by atoms with van der Waals surface area (Å²) in [6.07, 6.45) is 4.20. The van der Waals surface area contributed by atoms with Gasteiger partial charge >= 0.3 is 0 Å². The first-order chi connectivity index (χ1) is 8.00. The molecule has 17 heavy (non-hydrogen) atoms. The van der Waals surface area contributed by atoms with Crippen LogP contribution in [0.5, 0.6) is 0 Å².